The molecule has 1 aromatic rings. The monoisotopic (exact) mass is 621 g/mol. The standard InChI is InChI=1S/C24H33NO3.U/c1-9-22(27-7)24(28-8)23(17(3)4)21(25(6)10-2)16-20(26)15-19-14-12-11-13-18(19)5;/h11-14,21H,3,7,10,15-16H2,1-2,4-6,8H3;/q-2;+2/b24-23-;. The Morgan fingerprint density at radius 3 is 2.41 bits per heavy atom. The van der Waals surface area contributed by atoms with Crippen molar-refractivity contribution < 1.29 is 45.4 Å². The largest absolute Gasteiger partial charge is 2.00 e. The number of rotatable bonds is 11. The van der Waals surface area contributed by atoms with Gasteiger partial charge in [0.05, 0.1) is 7.11 Å². The Bertz CT molecular complexity index is 752. The number of allylic oxidation sites excluding steroid dienone is 1. The summed E-state index contributed by atoms with van der Waals surface area (Å²) in [5.41, 5.74) is 3.83. The zero-order chi connectivity index (χ0) is 21.3. The Morgan fingerprint density at radius 1 is 1.34 bits per heavy atom. The van der Waals surface area contributed by atoms with Crippen LogP contribution >= 0.6 is 0 Å². The molecule has 1 unspecified atom stereocenters. The first-order valence-corrected chi connectivity index (χ1v) is 9.48. The van der Waals surface area contributed by atoms with Crippen LogP contribution in [0.4, 0.5) is 0 Å². The molecular weight excluding hydrogens is 588 g/mol. The smallest absolute Gasteiger partial charge is 0.689 e. The summed E-state index contributed by atoms with van der Waals surface area (Å²) < 4.78 is 10.8. The van der Waals surface area contributed by atoms with E-state index in [1.165, 1.54) is 0 Å². The van der Waals surface area contributed by atoms with Crippen LogP contribution in [0.2, 0.25) is 0 Å². The van der Waals surface area contributed by atoms with Gasteiger partial charge in [-0.3, -0.25) is 4.79 Å². The number of carbonyl (C=O) groups is 1. The van der Waals surface area contributed by atoms with Gasteiger partial charge in [0.1, 0.15) is 5.78 Å². The summed E-state index contributed by atoms with van der Waals surface area (Å²) in [5.74, 6) is 1.08. The molecule has 0 spiro atoms. The van der Waals surface area contributed by atoms with Crippen LogP contribution in [0.25, 0.3) is 0 Å². The predicted octanol–water partition coefficient (Wildman–Crippen LogP) is 4.81. The molecule has 0 radical (unpaired) electrons. The molecule has 5 heteroatoms. The van der Waals surface area contributed by atoms with E-state index in [-0.39, 0.29) is 42.9 Å². The number of hydrogen-bond acceptors (Lipinski definition) is 4. The Balaban J connectivity index is 0.00000784. The number of aryl methyl sites for hydroxylation is 1. The van der Waals surface area contributed by atoms with Crippen LogP contribution < -0.4 is 0 Å². The van der Waals surface area contributed by atoms with Crippen molar-refractivity contribution in [2.45, 2.75) is 46.6 Å². The molecule has 0 heterocycles. The molecule has 0 fully saturated rings. The molecule has 4 nitrogen and oxygen atoms in total. The van der Waals surface area contributed by atoms with Gasteiger partial charge >= 0.3 is 31.1 Å². The number of hydrogen-bond donors (Lipinski definition) is 0. The van der Waals surface area contributed by atoms with E-state index in [0.29, 0.717) is 24.4 Å². The molecule has 29 heavy (non-hydrogen) atoms. The van der Waals surface area contributed by atoms with Crippen LogP contribution in [0, 0.1) is 51.2 Å². The molecule has 0 aliphatic heterocycles. The number of ketones is 1. The van der Waals surface area contributed by atoms with Gasteiger partial charge in [0.15, 0.2) is 0 Å². The summed E-state index contributed by atoms with van der Waals surface area (Å²) in [5, 5.41) is 0. The van der Waals surface area contributed by atoms with Crippen molar-refractivity contribution in [1.29, 1.82) is 0 Å². The fourth-order valence-electron chi connectivity index (χ4n) is 3.21. The van der Waals surface area contributed by atoms with Gasteiger partial charge < -0.3 is 14.4 Å². The number of ether oxygens (including phenoxy) is 2. The minimum atomic E-state index is -0.188. The van der Waals surface area contributed by atoms with Crippen molar-refractivity contribution in [1.82, 2.24) is 4.90 Å². The summed E-state index contributed by atoms with van der Waals surface area (Å²) >= 11 is 0. The van der Waals surface area contributed by atoms with Gasteiger partial charge in [-0.05, 0) is 38.6 Å². The first-order valence-electron chi connectivity index (χ1n) is 9.48. The number of benzene rings is 1. The van der Waals surface area contributed by atoms with Gasteiger partial charge in [-0.1, -0.05) is 54.7 Å². The number of Topliss-reactive ketones (excluding diaryl/α,β-unsaturated/α-hetero) is 1. The first kappa shape index (κ1) is 27.7. The van der Waals surface area contributed by atoms with Crippen LogP contribution in [0.5, 0.6) is 0 Å². The van der Waals surface area contributed by atoms with Crippen molar-refractivity contribution in [3.8, 4) is 0 Å². The second-order valence-electron chi connectivity index (χ2n) is 6.89. The van der Waals surface area contributed by atoms with Gasteiger partial charge in [0.2, 0.25) is 0 Å². The van der Waals surface area contributed by atoms with Crippen molar-refractivity contribution >= 4 is 5.78 Å². The Hall–Kier alpha value is -1.28. The molecule has 1 aromatic carbocycles. The molecule has 1 atom stereocenters. The van der Waals surface area contributed by atoms with Crippen LogP contribution in [-0.2, 0) is 20.7 Å². The van der Waals surface area contributed by atoms with Gasteiger partial charge in [-0.15, -0.1) is 6.92 Å². The summed E-state index contributed by atoms with van der Waals surface area (Å²) in [6.07, 6.45) is 3.71. The molecule has 0 N–H and O–H groups in total. The van der Waals surface area contributed by atoms with Gasteiger partial charge in [0, 0.05) is 24.6 Å². The maximum absolute atomic E-state index is 13.0. The van der Waals surface area contributed by atoms with Crippen LogP contribution in [0.3, 0.4) is 0 Å². The van der Waals surface area contributed by atoms with E-state index in [0.717, 1.165) is 28.8 Å². The summed E-state index contributed by atoms with van der Waals surface area (Å²) in [6, 6.07) is 7.80. The molecular formula is C24H33NO3U. The van der Waals surface area contributed by atoms with E-state index in [1.54, 1.807) is 14.0 Å². The number of likely N-dealkylation sites (N-methyl/N-ethyl adjacent to an activating group) is 1. The second-order valence-corrected chi connectivity index (χ2v) is 6.89. The zero-order valence-corrected chi connectivity index (χ0v) is 22.8. The molecule has 0 aliphatic rings. The average Bonchev–Trinajstić information content (AvgIpc) is 2.67. The van der Waals surface area contributed by atoms with E-state index in [9.17, 15) is 4.79 Å². The van der Waals surface area contributed by atoms with E-state index >= 15 is 0 Å². The SMILES string of the molecule is C=C(C)/C(=C(/OC)C(=[C-]C)O[CH2-])C(CC(=O)Cc1ccccc1C)N(C)CC.[U+2]. The number of nitrogens with zero attached hydrogens (tertiary/aromatic N) is 1. The van der Waals surface area contributed by atoms with Crippen LogP contribution in [-0.4, -0.2) is 37.4 Å². The topological polar surface area (TPSA) is 38.8 Å². The fourth-order valence-corrected chi connectivity index (χ4v) is 3.21. The van der Waals surface area contributed by atoms with E-state index in [1.807, 2.05) is 45.2 Å². The van der Waals surface area contributed by atoms with Gasteiger partial charge in [-0.2, -0.15) is 7.11 Å². The van der Waals surface area contributed by atoms with Crippen LogP contribution in [0.1, 0.15) is 38.3 Å². The minimum Gasteiger partial charge on any atom is -0.689 e. The number of methoxy groups -OCH3 is 1. The van der Waals surface area contributed by atoms with Crippen molar-refractivity contribution in [2.75, 3.05) is 20.7 Å². The Labute approximate surface area is 200 Å². The fraction of sp³-hybridized carbons (Fsp3) is 0.417. The minimum absolute atomic E-state index is 0. The second kappa shape index (κ2) is 13.9. The predicted molar refractivity (Wildman–Crippen MR) is 114 cm³/mol. The van der Waals surface area contributed by atoms with Gasteiger partial charge in [0.25, 0.3) is 0 Å². The van der Waals surface area contributed by atoms with Gasteiger partial charge in [-0.25, -0.2) is 6.08 Å². The molecule has 0 aromatic heterocycles. The molecule has 1 rings (SSSR count). The molecule has 0 aliphatic carbocycles. The van der Waals surface area contributed by atoms with E-state index in [2.05, 4.69) is 31.6 Å². The van der Waals surface area contributed by atoms with Crippen molar-refractivity contribution in [3.05, 3.63) is 77.8 Å². The summed E-state index contributed by atoms with van der Waals surface area (Å²) in [4.78, 5) is 15.1. The third-order valence-corrected chi connectivity index (χ3v) is 4.92. The van der Waals surface area contributed by atoms with Crippen molar-refractivity contribution in [2.24, 2.45) is 0 Å². The maximum Gasteiger partial charge on any atom is 2.00 e. The Kier molecular flexibility index (Phi) is 13.2. The maximum atomic E-state index is 13.0. The van der Waals surface area contributed by atoms with E-state index in [4.69, 9.17) is 9.47 Å². The molecule has 0 bridgehead atoms. The molecule has 0 amide bonds. The third kappa shape index (κ3) is 7.81. The first-order chi connectivity index (χ1) is 13.3. The van der Waals surface area contributed by atoms with Crippen LogP contribution in [0.15, 0.2) is 53.5 Å². The average molecular weight is 622 g/mol. The third-order valence-electron chi connectivity index (χ3n) is 4.92. The van der Waals surface area contributed by atoms with Crippen molar-refractivity contribution in [3.63, 3.8) is 0 Å². The molecule has 156 valence electrons. The summed E-state index contributed by atoms with van der Waals surface area (Å²) in [6.45, 7) is 12.6. The Morgan fingerprint density at radius 2 is 1.97 bits per heavy atom. The van der Waals surface area contributed by atoms with E-state index < -0.39 is 0 Å². The quantitative estimate of drug-likeness (QED) is 0.202. The normalized spacial score (nSPS) is 13.3. The zero-order valence-electron chi connectivity index (χ0n) is 18.6. The number of carbonyl (C=O) groups excluding carboxylic acids is 1. The molecule has 0 saturated carbocycles. The molecule has 0 saturated heterocycles. The summed E-state index contributed by atoms with van der Waals surface area (Å²) in [7, 11) is 7.06.